The minimum absolute atomic E-state index is 0.0978. The number of nitrogens with two attached hydrogens (primary N) is 1. The van der Waals surface area contributed by atoms with Gasteiger partial charge < -0.3 is 10.6 Å². The summed E-state index contributed by atoms with van der Waals surface area (Å²) >= 11 is 0. The fourth-order valence-electron chi connectivity index (χ4n) is 2.62. The molecule has 0 spiro atoms. The number of hydrogen-bond donors (Lipinski definition) is 1. The Hall–Kier alpha value is -1.09. The number of anilines is 1. The lowest BCUT2D eigenvalue weighted by Crippen LogP contribution is -2.29. The molecule has 98 valence electrons. The molecule has 0 amide bonds. The lowest BCUT2D eigenvalue weighted by Gasteiger charge is -2.27. The molecule has 2 aliphatic carbocycles. The van der Waals surface area contributed by atoms with E-state index in [1.54, 1.807) is 6.07 Å². The van der Waals surface area contributed by atoms with Crippen molar-refractivity contribution in [3.63, 3.8) is 0 Å². The van der Waals surface area contributed by atoms with E-state index in [1.807, 2.05) is 6.07 Å². The normalized spacial score (nSPS) is 19.0. The molecule has 0 saturated heterocycles. The second-order valence-electron chi connectivity index (χ2n) is 5.60. The first-order valence-electron chi connectivity index (χ1n) is 7.03. The Labute approximate surface area is 108 Å². The highest BCUT2D eigenvalue weighted by Gasteiger charge is 2.34. The average molecular weight is 248 g/mol. The van der Waals surface area contributed by atoms with Crippen molar-refractivity contribution in [1.82, 2.24) is 0 Å². The summed E-state index contributed by atoms with van der Waals surface area (Å²) in [5.41, 5.74) is 7.52. The molecule has 18 heavy (non-hydrogen) atoms. The van der Waals surface area contributed by atoms with Crippen LogP contribution >= 0.6 is 0 Å². The minimum Gasteiger partial charge on any atom is -0.368 e. The Bertz CT molecular complexity index is 425. The lowest BCUT2D eigenvalue weighted by atomic mass is 10.1. The van der Waals surface area contributed by atoms with Crippen molar-refractivity contribution in [3.8, 4) is 0 Å². The van der Waals surface area contributed by atoms with Crippen LogP contribution in [0.4, 0.5) is 10.1 Å². The van der Waals surface area contributed by atoms with Gasteiger partial charge in [0.1, 0.15) is 5.82 Å². The Kier molecular flexibility index (Phi) is 3.25. The Morgan fingerprint density at radius 1 is 1.22 bits per heavy atom. The van der Waals surface area contributed by atoms with Gasteiger partial charge in [-0.1, -0.05) is 6.07 Å². The molecule has 0 radical (unpaired) electrons. The van der Waals surface area contributed by atoms with Gasteiger partial charge in [-0.3, -0.25) is 0 Å². The summed E-state index contributed by atoms with van der Waals surface area (Å²) in [6.07, 6.45) is 5.82. The fourth-order valence-corrected chi connectivity index (χ4v) is 2.62. The number of hydrogen-bond acceptors (Lipinski definition) is 2. The number of nitrogens with zero attached hydrogens (tertiary/aromatic N) is 1. The number of rotatable bonds is 6. The van der Waals surface area contributed by atoms with Crippen molar-refractivity contribution in [1.29, 1.82) is 0 Å². The standard InChI is InChI=1S/C15H21FN2/c16-14-2-1-3-15(13(14)8-9-17)18(12-6-7-12)10-11-4-5-11/h1-3,11-12H,4-10,17H2. The van der Waals surface area contributed by atoms with E-state index >= 15 is 0 Å². The van der Waals surface area contributed by atoms with Gasteiger partial charge in [0.2, 0.25) is 0 Å². The molecule has 3 heteroatoms. The van der Waals surface area contributed by atoms with Crippen LogP contribution in [0, 0.1) is 11.7 Å². The molecule has 2 fully saturated rings. The van der Waals surface area contributed by atoms with Crippen molar-refractivity contribution in [2.24, 2.45) is 11.7 Å². The van der Waals surface area contributed by atoms with E-state index in [1.165, 1.54) is 25.7 Å². The maximum Gasteiger partial charge on any atom is 0.128 e. The first-order chi connectivity index (χ1) is 8.79. The summed E-state index contributed by atoms with van der Waals surface area (Å²) in [6.45, 7) is 1.61. The number of benzene rings is 1. The van der Waals surface area contributed by atoms with Crippen molar-refractivity contribution >= 4 is 5.69 Å². The first-order valence-corrected chi connectivity index (χ1v) is 7.03. The highest BCUT2D eigenvalue weighted by Crippen LogP contribution is 2.39. The van der Waals surface area contributed by atoms with E-state index in [4.69, 9.17) is 5.73 Å². The quantitative estimate of drug-likeness (QED) is 0.838. The Balaban J connectivity index is 1.88. The van der Waals surface area contributed by atoms with Crippen molar-refractivity contribution in [2.75, 3.05) is 18.0 Å². The van der Waals surface area contributed by atoms with E-state index in [-0.39, 0.29) is 5.82 Å². The third-order valence-electron chi connectivity index (χ3n) is 3.94. The summed E-state index contributed by atoms with van der Waals surface area (Å²) < 4.78 is 14.0. The van der Waals surface area contributed by atoms with Gasteiger partial charge in [0.25, 0.3) is 0 Å². The molecule has 0 aliphatic heterocycles. The van der Waals surface area contributed by atoms with Crippen molar-refractivity contribution in [2.45, 2.75) is 38.1 Å². The summed E-state index contributed by atoms with van der Waals surface area (Å²) in [5, 5.41) is 0. The van der Waals surface area contributed by atoms with Gasteiger partial charge in [0.05, 0.1) is 0 Å². The predicted octanol–water partition coefficient (Wildman–Crippen LogP) is 2.71. The van der Waals surface area contributed by atoms with Crippen molar-refractivity contribution in [3.05, 3.63) is 29.6 Å². The molecule has 2 aliphatic rings. The SMILES string of the molecule is NCCc1c(F)cccc1N(CC1CC1)C1CC1. The maximum atomic E-state index is 14.0. The Morgan fingerprint density at radius 2 is 2.00 bits per heavy atom. The second-order valence-corrected chi connectivity index (χ2v) is 5.60. The van der Waals surface area contributed by atoms with E-state index in [0.29, 0.717) is 19.0 Å². The summed E-state index contributed by atoms with van der Waals surface area (Å²) in [6, 6.07) is 6.09. The molecule has 0 aromatic heterocycles. The predicted molar refractivity (Wildman–Crippen MR) is 72.3 cm³/mol. The van der Waals surface area contributed by atoms with Gasteiger partial charge in [-0.15, -0.1) is 0 Å². The van der Waals surface area contributed by atoms with Crippen LogP contribution in [0.3, 0.4) is 0 Å². The third kappa shape index (κ3) is 2.51. The van der Waals surface area contributed by atoms with Gasteiger partial charge in [-0.2, -0.15) is 0 Å². The summed E-state index contributed by atoms with van der Waals surface area (Å²) in [4.78, 5) is 2.44. The van der Waals surface area contributed by atoms with Crippen LogP contribution in [0.25, 0.3) is 0 Å². The molecule has 0 unspecified atom stereocenters. The number of halogens is 1. The Morgan fingerprint density at radius 3 is 2.61 bits per heavy atom. The van der Waals surface area contributed by atoms with E-state index in [9.17, 15) is 4.39 Å². The van der Waals surface area contributed by atoms with Crippen LogP contribution in [-0.4, -0.2) is 19.1 Å². The molecule has 2 nitrogen and oxygen atoms in total. The monoisotopic (exact) mass is 248 g/mol. The molecule has 2 N–H and O–H groups in total. The van der Waals surface area contributed by atoms with Crippen LogP contribution in [0.15, 0.2) is 18.2 Å². The summed E-state index contributed by atoms with van der Waals surface area (Å²) in [5.74, 6) is 0.735. The average Bonchev–Trinajstić information content (AvgIpc) is 3.23. The molecule has 0 heterocycles. The van der Waals surface area contributed by atoms with E-state index < -0.39 is 0 Å². The van der Waals surface area contributed by atoms with Crippen LogP contribution in [0.5, 0.6) is 0 Å². The van der Waals surface area contributed by atoms with Gasteiger partial charge in [-0.05, 0) is 56.7 Å². The topological polar surface area (TPSA) is 29.3 Å². The van der Waals surface area contributed by atoms with Gasteiger partial charge in [0.15, 0.2) is 0 Å². The zero-order valence-electron chi connectivity index (χ0n) is 10.7. The van der Waals surface area contributed by atoms with Crippen LogP contribution in [-0.2, 0) is 6.42 Å². The molecule has 1 aromatic carbocycles. The van der Waals surface area contributed by atoms with E-state index in [2.05, 4.69) is 11.0 Å². The van der Waals surface area contributed by atoms with Gasteiger partial charge in [-0.25, -0.2) is 4.39 Å². The maximum absolute atomic E-state index is 14.0. The highest BCUT2D eigenvalue weighted by molar-refractivity contribution is 5.56. The van der Waals surface area contributed by atoms with Gasteiger partial charge >= 0.3 is 0 Å². The molecule has 3 rings (SSSR count). The zero-order chi connectivity index (χ0) is 12.5. The second kappa shape index (κ2) is 4.88. The molecular formula is C15H21FN2. The first kappa shape index (κ1) is 12.0. The highest BCUT2D eigenvalue weighted by atomic mass is 19.1. The van der Waals surface area contributed by atoms with Gasteiger partial charge in [0, 0.05) is 23.8 Å². The molecule has 0 atom stereocenters. The largest absolute Gasteiger partial charge is 0.368 e. The van der Waals surface area contributed by atoms with Crippen LogP contribution in [0.2, 0.25) is 0 Å². The van der Waals surface area contributed by atoms with E-state index in [0.717, 1.165) is 23.7 Å². The molecule has 2 saturated carbocycles. The van der Waals surface area contributed by atoms with Crippen LogP contribution < -0.4 is 10.6 Å². The zero-order valence-corrected chi connectivity index (χ0v) is 10.7. The smallest absolute Gasteiger partial charge is 0.128 e. The van der Waals surface area contributed by atoms with Crippen molar-refractivity contribution < 1.29 is 4.39 Å². The lowest BCUT2D eigenvalue weighted by molar-refractivity contribution is 0.605. The summed E-state index contributed by atoms with van der Waals surface area (Å²) in [7, 11) is 0. The molecular weight excluding hydrogens is 227 g/mol. The molecule has 1 aromatic rings. The third-order valence-corrected chi connectivity index (χ3v) is 3.94. The van der Waals surface area contributed by atoms with Crippen LogP contribution in [0.1, 0.15) is 31.2 Å². The fraction of sp³-hybridized carbons (Fsp3) is 0.600. The minimum atomic E-state index is -0.0978. The molecule has 0 bridgehead atoms.